The maximum Gasteiger partial charge on any atom is 0.240 e. The van der Waals surface area contributed by atoms with Gasteiger partial charge in [-0.15, -0.1) is 0 Å². The van der Waals surface area contributed by atoms with E-state index in [1.54, 1.807) is 6.07 Å². The van der Waals surface area contributed by atoms with Crippen LogP contribution in [0.1, 0.15) is 24.8 Å². The predicted octanol–water partition coefficient (Wildman–Crippen LogP) is 1.53. The van der Waals surface area contributed by atoms with E-state index in [9.17, 15) is 12.8 Å². The Labute approximate surface area is 99.1 Å². The van der Waals surface area contributed by atoms with E-state index < -0.39 is 15.8 Å². The molecule has 1 aliphatic carbocycles. The molecule has 1 aromatic rings. The summed E-state index contributed by atoms with van der Waals surface area (Å²) in [5.74, 6) is -0.713. The molecule has 0 spiro atoms. The number of hydrogen-bond acceptors (Lipinski definition) is 3. The van der Waals surface area contributed by atoms with Gasteiger partial charge in [0.1, 0.15) is 11.9 Å². The van der Waals surface area contributed by atoms with Gasteiger partial charge in [-0.25, -0.2) is 17.5 Å². The molecule has 1 fully saturated rings. The highest BCUT2D eigenvalue weighted by atomic mass is 32.2. The minimum absolute atomic E-state index is 0.0319. The summed E-state index contributed by atoms with van der Waals surface area (Å²) in [6.45, 7) is 0. The summed E-state index contributed by atoms with van der Waals surface area (Å²) in [6.07, 6.45) is 2.66. The fourth-order valence-electron chi connectivity index (χ4n) is 1.57. The van der Waals surface area contributed by atoms with E-state index in [-0.39, 0.29) is 16.5 Å². The number of nitriles is 1. The Morgan fingerprint density at radius 2 is 2.12 bits per heavy atom. The van der Waals surface area contributed by atoms with E-state index >= 15 is 0 Å². The van der Waals surface area contributed by atoms with Gasteiger partial charge in [0, 0.05) is 6.04 Å². The summed E-state index contributed by atoms with van der Waals surface area (Å²) in [5, 5.41) is 8.64. The highest BCUT2D eigenvalue weighted by molar-refractivity contribution is 7.89. The monoisotopic (exact) mass is 254 g/mol. The van der Waals surface area contributed by atoms with E-state index in [4.69, 9.17) is 5.26 Å². The van der Waals surface area contributed by atoms with Crippen molar-refractivity contribution in [2.75, 3.05) is 0 Å². The van der Waals surface area contributed by atoms with Crippen LogP contribution in [-0.2, 0) is 10.0 Å². The molecule has 6 heteroatoms. The van der Waals surface area contributed by atoms with Crippen LogP contribution in [-0.4, -0.2) is 14.5 Å². The van der Waals surface area contributed by atoms with Crippen LogP contribution in [0.15, 0.2) is 23.1 Å². The Bertz CT molecular complexity index is 574. The molecule has 0 amide bonds. The molecular formula is C11H11FN2O2S. The van der Waals surface area contributed by atoms with Crippen LogP contribution in [0.3, 0.4) is 0 Å². The number of hydrogen-bond donors (Lipinski definition) is 1. The molecule has 0 atom stereocenters. The molecular weight excluding hydrogens is 243 g/mol. The van der Waals surface area contributed by atoms with Gasteiger partial charge in [-0.3, -0.25) is 0 Å². The third kappa shape index (κ3) is 2.46. The van der Waals surface area contributed by atoms with Crippen molar-refractivity contribution in [1.82, 2.24) is 4.72 Å². The van der Waals surface area contributed by atoms with Gasteiger partial charge in [0.2, 0.25) is 10.0 Å². The first-order valence-electron chi connectivity index (χ1n) is 5.25. The van der Waals surface area contributed by atoms with Gasteiger partial charge in [-0.1, -0.05) is 6.42 Å². The van der Waals surface area contributed by atoms with Crippen LogP contribution >= 0.6 is 0 Å². The van der Waals surface area contributed by atoms with E-state index in [1.165, 1.54) is 0 Å². The number of benzene rings is 1. The van der Waals surface area contributed by atoms with Crippen LogP contribution in [0.25, 0.3) is 0 Å². The number of rotatable bonds is 3. The van der Waals surface area contributed by atoms with Crippen LogP contribution in [0, 0.1) is 17.1 Å². The third-order valence-corrected chi connectivity index (χ3v) is 4.31. The predicted molar refractivity (Wildman–Crippen MR) is 59.1 cm³/mol. The molecule has 0 heterocycles. The first kappa shape index (κ1) is 12.0. The number of nitrogens with zero attached hydrogens (tertiary/aromatic N) is 1. The molecule has 17 heavy (non-hydrogen) atoms. The summed E-state index contributed by atoms with van der Waals surface area (Å²) >= 11 is 0. The zero-order valence-electron chi connectivity index (χ0n) is 8.98. The average molecular weight is 254 g/mol. The van der Waals surface area contributed by atoms with E-state index in [1.807, 2.05) is 0 Å². The zero-order valence-corrected chi connectivity index (χ0v) is 9.80. The lowest BCUT2D eigenvalue weighted by atomic mass is 9.94. The zero-order chi connectivity index (χ0) is 12.5. The normalized spacial score (nSPS) is 16.2. The van der Waals surface area contributed by atoms with Gasteiger partial charge in [0.15, 0.2) is 0 Å². The van der Waals surface area contributed by atoms with Gasteiger partial charge in [-0.2, -0.15) is 5.26 Å². The number of halogens is 1. The van der Waals surface area contributed by atoms with Crippen molar-refractivity contribution >= 4 is 10.0 Å². The molecule has 0 saturated heterocycles. The Balaban J connectivity index is 2.29. The highest BCUT2D eigenvalue weighted by Crippen LogP contribution is 2.21. The molecule has 1 N–H and O–H groups in total. The van der Waals surface area contributed by atoms with E-state index in [0.29, 0.717) is 0 Å². The van der Waals surface area contributed by atoms with Crippen molar-refractivity contribution in [3.05, 3.63) is 29.6 Å². The number of sulfonamides is 1. The van der Waals surface area contributed by atoms with Crippen molar-refractivity contribution in [3.8, 4) is 6.07 Å². The molecule has 4 nitrogen and oxygen atoms in total. The Morgan fingerprint density at radius 1 is 1.41 bits per heavy atom. The van der Waals surface area contributed by atoms with Gasteiger partial charge < -0.3 is 0 Å². The van der Waals surface area contributed by atoms with Crippen LogP contribution < -0.4 is 4.72 Å². The molecule has 90 valence electrons. The molecule has 0 aliphatic heterocycles. The van der Waals surface area contributed by atoms with Gasteiger partial charge >= 0.3 is 0 Å². The molecule has 0 radical (unpaired) electrons. The van der Waals surface area contributed by atoms with Crippen LogP contribution in [0.2, 0.25) is 0 Å². The quantitative estimate of drug-likeness (QED) is 0.889. The second kappa shape index (κ2) is 4.43. The molecule has 0 unspecified atom stereocenters. The SMILES string of the molecule is N#Cc1cc(S(=O)(=O)NC2CCC2)ccc1F. The van der Waals surface area contributed by atoms with Crippen molar-refractivity contribution < 1.29 is 12.8 Å². The minimum atomic E-state index is -3.64. The lowest BCUT2D eigenvalue weighted by Gasteiger charge is -2.26. The summed E-state index contributed by atoms with van der Waals surface area (Å²) in [6, 6.07) is 4.80. The highest BCUT2D eigenvalue weighted by Gasteiger charge is 2.25. The smallest absolute Gasteiger partial charge is 0.208 e. The summed E-state index contributed by atoms with van der Waals surface area (Å²) < 4.78 is 39.3. The summed E-state index contributed by atoms with van der Waals surface area (Å²) in [5.41, 5.74) is -0.263. The first-order valence-corrected chi connectivity index (χ1v) is 6.73. The fourth-order valence-corrected chi connectivity index (χ4v) is 2.90. The van der Waals surface area contributed by atoms with Gasteiger partial charge in [-0.05, 0) is 31.0 Å². The second-order valence-corrected chi connectivity index (χ2v) is 5.72. The number of nitrogens with one attached hydrogen (secondary N) is 1. The largest absolute Gasteiger partial charge is 0.240 e. The molecule has 1 aromatic carbocycles. The molecule has 2 rings (SSSR count). The topological polar surface area (TPSA) is 70.0 Å². The van der Waals surface area contributed by atoms with Crippen LogP contribution in [0.4, 0.5) is 4.39 Å². The summed E-state index contributed by atoms with van der Waals surface area (Å²) in [4.78, 5) is -0.0673. The average Bonchev–Trinajstić information content (AvgIpc) is 2.24. The Hall–Kier alpha value is -1.45. The molecule has 1 aliphatic rings. The maximum atomic E-state index is 13.1. The summed E-state index contributed by atoms with van der Waals surface area (Å²) in [7, 11) is -3.64. The lowest BCUT2D eigenvalue weighted by Crippen LogP contribution is -2.39. The fraction of sp³-hybridized carbons (Fsp3) is 0.364. The van der Waals surface area contributed by atoms with Crippen molar-refractivity contribution in [1.29, 1.82) is 5.26 Å². The van der Waals surface area contributed by atoms with Gasteiger partial charge in [0.05, 0.1) is 10.5 Å². The van der Waals surface area contributed by atoms with Crippen LogP contribution in [0.5, 0.6) is 0 Å². The van der Waals surface area contributed by atoms with Crippen molar-refractivity contribution in [2.45, 2.75) is 30.2 Å². The van der Waals surface area contributed by atoms with Gasteiger partial charge in [0.25, 0.3) is 0 Å². The first-order chi connectivity index (χ1) is 8.03. The standard InChI is InChI=1S/C11H11FN2O2S/c12-11-5-4-10(6-8(11)7-13)17(15,16)14-9-2-1-3-9/h4-6,9,14H,1-3H2. The maximum absolute atomic E-state index is 13.1. The molecule has 0 bridgehead atoms. The van der Waals surface area contributed by atoms with Crippen molar-refractivity contribution in [3.63, 3.8) is 0 Å². The van der Waals surface area contributed by atoms with Crippen molar-refractivity contribution in [2.24, 2.45) is 0 Å². The van der Waals surface area contributed by atoms with E-state index in [0.717, 1.165) is 37.5 Å². The lowest BCUT2D eigenvalue weighted by molar-refractivity contribution is 0.383. The third-order valence-electron chi connectivity index (χ3n) is 2.80. The molecule has 0 aromatic heterocycles. The second-order valence-electron chi connectivity index (χ2n) is 4.00. The van der Waals surface area contributed by atoms with E-state index in [2.05, 4.69) is 4.72 Å². The Kier molecular flexibility index (Phi) is 3.13. The minimum Gasteiger partial charge on any atom is -0.208 e. The molecule has 1 saturated carbocycles. The Morgan fingerprint density at radius 3 is 2.65 bits per heavy atom.